The molecule has 1 saturated heterocycles. The lowest BCUT2D eigenvalue weighted by atomic mass is 9.81. The summed E-state index contributed by atoms with van der Waals surface area (Å²) in [6, 6.07) is 3.48. The predicted octanol–water partition coefficient (Wildman–Crippen LogP) is 3.35. The van der Waals surface area contributed by atoms with Crippen LogP contribution in [0.4, 0.5) is 19.0 Å². The quantitative estimate of drug-likeness (QED) is 0.482. The second kappa shape index (κ2) is 8.82. The van der Waals surface area contributed by atoms with Crippen LogP contribution < -0.4 is 10.6 Å². The first-order chi connectivity index (χ1) is 16.2. The third kappa shape index (κ3) is 4.62. The zero-order chi connectivity index (χ0) is 23.9. The average Bonchev–Trinajstić information content (AvgIpc) is 3.45. The number of alkyl halides is 3. The van der Waals surface area contributed by atoms with Gasteiger partial charge in [0.15, 0.2) is 11.4 Å². The molecule has 0 spiro atoms. The number of fused-ring (bicyclic) bond motifs is 1. The number of aliphatic hydroxyl groups is 1. The summed E-state index contributed by atoms with van der Waals surface area (Å²) in [7, 11) is 0. The average molecular weight is 496 g/mol. The summed E-state index contributed by atoms with van der Waals surface area (Å²) in [6.07, 6.45) is 0.324. The molecule has 1 aliphatic heterocycles. The summed E-state index contributed by atoms with van der Waals surface area (Å²) < 4.78 is 44.0. The molecular formula is C22H24F3N5O3S. The highest BCUT2D eigenvalue weighted by Crippen LogP contribution is 2.40. The minimum Gasteiger partial charge on any atom is -0.383 e. The summed E-state index contributed by atoms with van der Waals surface area (Å²) in [5.74, 6) is -0.170. The van der Waals surface area contributed by atoms with Crippen LogP contribution in [0.1, 0.15) is 36.3 Å². The Morgan fingerprint density at radius 1 is 1.29 bits per heavy atom. The Hall–Kier alpha value is -2.70. The molecule has 0 unspecified atom stereocenters. The second-order valence-corrected chi connectivity index (χ2v) is 9.81. The van der Waals surface area contributed by atoms with Gasteiger partial charge >= 0.3 is 6.18 Å². The number of amides is 1. The van der Waals surface area contributed by atoms with Gasteiger partial charge in [0.25, 0.3) is 0 Å². The molecule has 8 nitrogen and oxygen atoms in total. The van der Waals surface area contributed by atoms with E-state index in [0.717, 1.165) is 43.1 Å². The minimum atomic E-state index is -4.48. The SMILES string of the molecule is O=C(CNc1noc2ccc(C(F)(F)F)cc12)NC1CN(C2CCC(O)(c3nccs3)CC2)C1. The number of likely N-dealkylation sites (tertiary alicyclic amines) is 1. The fraction of sp³-hybridized carbons (Fsp3) is 0.500. The molecule has 1 aliphatic carbocycles. The molecule has 3 heterocycles. The van der Waals surface area contributed by atoms with Crippen molar-refractivity contribution in [2.24, 2.45) is 0 Å². The highest BCUT2D eigenvalue weighted by Gasteiger charge is 2.41. The van der Waals surface area contributed by atoms with Crippen molar-refractivity contribution < 1.29 is 27.6 Å². The third-order valence-corrected chi connectivity index (χ3v) is 7.58. The predicted molar refractivity (Wildman–Crippen MR) is 119 cm³/mol. The fourth-order valence-electron chi connectivity index (χ4n) is 4.70. The van der Waals surface area contributed by atoms with E-state index < -0.39 is 17.3 Å². The van der Waals surface area contributed by atoms with Gasteiger partial charge in [-0.15, -0.1) is 11.3 Å². The Bertz CT molecular complexity index is 1150. The van der Waals surface area contributed by atoms with E-state index in [1.807, 2.05) is 5.38 Å². The van der Waals surface area contributed by atoms with Gasteiger partial charge in [-0.1, -0.05) is 5.16 Å². The number of hydrogen-bond acceptors (Lipinski definition) is 8. The summed E-state index contributed by atoms with van der Waals surface area (Å²) in [4.78, 5) is 18.9. The number of nitrogens with zero attached hydrogens (tertiary/aromatic N) is 3. The number of benzene rings is 1. The van der Waals surface area contributed by atoms with E-state index >= 15 is 0 Å². The van der Waals surface area contributed by atoms with Crippen LogP contribution in [0, 0.1) is 0 Å². The Morgan fingerprint density at radius 3 is 2.74 bits per heavy atom. The van der Waals surface area contributed by atoms with Crippen molar-refractivity contribution in [2.45, 2.75) is 49.5 Å². The van der Waals surface area contributed by atoms with Gasteiger partial charge in [0.2, 0.25) is 5.91 Å². The fourth-order valence-corrected chi connectivity index (χ4v) is 5.50. The van der Waals surface area contributed by atoms with Crippen LogP contribution in [0.15, 0.2) is 34.3 Å². The van der Waals surface area contributed by atoms with Crippen molar-refractivity contribution in [3.63, 3.8) is 0 Å². The lowest BCUT2D eigenvalue weighted by molar-refractivity contribution is -0.137. The first kappa shape index (κ1) is 23.1. The van der Waals surface area contributed by atoms with Gasteiger partial charge in [0.1, 0.15) is 10.6 Å². The first-order valence-corrected chi connectivity index (χ1v) is 12.0. The number of aromatic nitrogens is 2. The maximum absolute atomic E-state index is 13.0. The molecule has 182 valence electrons. The van der Waals surface area contributed by atoms with Crippen molar-refractivity contribution in [3.05, 3.63) is 40.3 Å². The van der Waals surface area contributed by atoms with Crippen LogP contribution in [0.3, 0.4) is 0 Å². The van der Waals surface area contributed by atoms with E-state index in [9.17, 15) is 23.1 Å². The normalized spacial score (nSPS) is 24.2. The highest BCUT2D eigenvalue weighted by atomic mass is 32.1. The zero-order valence-corrected chi connectivity index (χ0v) is 19.0. The van der Waals surface area contributed by atoms with E-state index in [2.05, 4.69) is 25.7 Å². The van der Waals surface area contributed by atoms with Crippen LogP contribution >= 0.6 is 11.3 Å². The number of halogens is 3. The number of anilines is 1. The Labute approximate surface area is 197 Å². The molecule has 1 aromatic carbocycles. The Morgan fingerprint density at radius 2 is 2.06 bits per heavy atom. The highest BCUT2D eigenvalue weighted by molar-refractivity contribution is 7.09. The van der Waals surface area contributed by atoms with Gasteiger partial charge in [-0.3, -0.25) is 9.69 Å². The van der Waals surface area contributed by atoms with Crippen LogP contribution in [0.2, 0.25) is 0 Å². The topological polar surface area (TPSA) is 104 Å². The molecule has 2 aliphatic rings. The molecule has 1 amide bonds. The minimum absolute atomic E-state index is 0.0138. The van der Waals surface area contributed by atoms with E-state index in [-0.39, 0.29) is 35.3 Å². The molecular weight excluding hydrogens is 471 g/mol. The van der Waals surface area contributed by atoms with E-state index in [1.54, 1.807) is 6.20 Å². The summed E-state index contributed by atoms with van der Waals surface area (Å²) in [5, 5.41) is 23.1. The summed E-state index contributed by atoms with van der Waals surface area (Å²) >= 11 is 1.48. The molecule has 1 saturated carbocycles. The lowest BCUT2D eigenvalue weighted by Crippen LogP contribution is -2.63. The number of rotatable bonds is 6. The number of carbonyl (C=O) groups excluding carboxylic acids is 1. The van der Waals surface area contributed by atoms with Crippen LogP contribution in [-0.2, 0) is 16.6 Å². The number of hydrogen-bond donors (Lipinski definition) is 3. The second-order valence-electron chi connectivity index (χ2n) is 8.91. The van der Waals surface area contributed by atoms with Crippen LogP contribution in [0.25, 0.3) is 11.0 Å². The number of thiazole rings is 1. The van der Waals surface area contributed by atoms with Crippen molar-refractivity contribution in [1.29, 1.82) is 0 Å². The summed E-state index contributed by atoms with van der Waals surface area (Å²) in [5.41, 5.74) is -1.43. The molecule has 3 N–H and O–H groups in total. The molecule has 0 atom stereocenters. The van der Waals surface area contributed by atoms with Gasteiger partial charge in [-0.05, 0) is 43.9 Å². The maximum Gasteiger partial charge on any atom is 0.416 e. The van der Waals surface area contributed by atoms with E-state index in [0.29, 0.717) is 18.9 Å². The van der Waals surface area contributed by atoms with Gasteiger partial charge < -0.3 is 20.3 Å². The molecule has 5 rings (SSSR count). The van der Waals surface area contributed by atoms with E-state index in [1.165, 1.54) is 17.4 Å². The first-order valence-electron chi connectivity index (χ1n) is 11.1. The number of nitrogens with one attached hydrogen (secondary N) is 2. The van der Waals surface area contributed by atoms with E-state index in [4.69, 9.17) is 4.52 Å². The molecule has 0 bridgehead atoms. The van der Waals surface area contributed by atoms with Crippen molar-refractivity contribution in [2.75, 3.05) is 25.0 Å². The molecule has 2 aromatic heterocycles. The maximum atomic E-state index is 13.0. The number of carbonyl (C=O) groups is 1. The summed E-state index contributed by atoms with van der Waals surface area (Å²) in [6.45, 7) is 1.33. The molecule has 34 heavy (non-hydrogen) atoms. The smallest absolute Gasteiger partial charge is 0.383 e. The van der Waals surface area contributed by atoms with Gasteiger partial charge in [0, 0.05) is 30.7 Å². The standard InChI is InChI=1S/C22H24F3N5O3S/c23-22(24,25)13-1-2-17-16(9-13)19(29-33-17)27-10-18(31)28-14-11-30(12-14)15-3-5-21(32,6-4-15)20-26-7-8-34-20/h1-2,7-9,14-15,32H,3-6,10-12H2,(H,27,29)(H,28,31). The lowest BCUT2D eigenvalue weighted by Gasteiger charge is -2.47. The largest absolute Gasteiger partial charge is 0.416 e. The Kier molecular flexibility index (Phi) is 5.98. The van der Waals surface area contributed by atoms with Gasteiger partial charge in [0.05, 0.1) is 23.5 Å². The molecule has 3 aromatic rings. The molecule has 12 heteroatoms. The van der Waals surface area contributed by atoms with Gasteiger partial charge in [-0.25, -0.2) is 4.98 Å². The molecule has 0 radical (unpaired) electrons. The Balaban J connectivity index is 1.08. The third-order valence-electron chi connectivity index (χ3n) is 6.62. The van der Waals surface area contributed by atoms with Crippen molar-refractivity contribution >= 4 is 34.0 Å². The molecule has 2 fully saturated rings. The zero-order valence-electron chi connectivity index (χ0n) is 18.1. The van der Waals surface area contributed by atoms with Gasteiger partial charge in [-0.2, -0.15) is 13.2 Å². The van der Waals surface area contributed by atoms with Crippen molar-refractivity contribution in [3.8, 4) is 0 Å². The monoisotopic (exact) mass is 495 g/mol. The van der Waals surface area contributed by atoms with Crippen molar-refractivity contribution in [1.82, 2.24) is 20.4 Å². The van der Waals surface area contributed by atoms with Crippen LogP contribution in [-0.4, -0.2) is 57.8 Å². The van der Waals surface area contributed by atoms with Crippen LogP contribution in [0.5, 0.6) is 0 Å².